The second-order valence-corrected chi connectivity index (χ2v) is 8.79. The van der Waals surface area contributed by atoms with E-state index in [0.717, 1.165) is 9.87 Å². The summed E-state index contributed by atoms with van der Waals surface area (Å²) in [5.74, 6) is -1.14. The normalized spacial score (nSPS) is 11.5. The van der Waals surface area contributed by atoms with Crippen LogP contribution in [0.4, 0.5) is 10.1 Å². The van der Waals surface area contributed by atoms with Crippen molar-refractivity contribution in [2.45, 2.75) is 18.7 Å². The summed E-state index contributed by atoms with van der Waals surface area (Å²) in [6.45, 7) is 3.19. The van der Waals surface area contributed by atoms with Crippen molar-refractivity contribution >= 4 is 27.8 Å². The summed E-state index contributed by atoms with van der Waals surface area (Å²) in [6, 6.07) is 19.1. The summed E-state index contributed by atoms with van der Waals surface area (Å²) < 4.78 is 41.3. The van der Waals surface area contributed by atoms with Gasteiger partial charge in [0.25, 0.3) is 15.9 Å². The maximum atomic E-state index is 13.7. The predicted molar refractivity (Wildman–Crippen MR) is 119 cm³/mol. The van der Waals surface area contributed by atoms with Crippen molar-refractivity contribution in [1.29, 1.82) is 0 Å². The van der Waals surface area contributed by atoms with Crippen LogP contribution in [0.2, 0.25) is 0 Å². The first-order valence-electron chi connectivity index (χ1n) is 9.50. The van der Waals surface area contributed by atoms with E-state index >= 15 is 0 Å². The first-order chi connectivity index (χ1) is 14.8. The molecule has 0 aromatic heterocycles. The summed E-state index contributed by atoms with van der Waals surface area (Å²) in [5.41, 5.74) is 4.54. The van der Waals surface area contributed by atoms with Gasteiger partial charge in [-0.25, -0.2) is 18.2 Å². The van der Waals surface area contributed by atoms with E-state index < -0.39 is 28.3 Å². The second-order valence-electron chi connectivity index (χ2n) is 6.93. The Morgan fingerprint density at radius 2 is 1.71 bits per heavy atom. The van der Waals surface area contributed by atoms with E-state index in [9.17, 15) is 17.6 Å². The standard InChI is InChI=1S/C23H22FN3O3S/c1-17-12-13-22(18(2)14-17)27(31(29,30)20-9-4-3-5-10-20)16-23(28)26-25-15-19-8-6-7-11-21(19)24/h3-15H,16H2,1-2H3,(H,26,28)/b25-15-. The molecule has 8 heteroatoms. The number of hydrogen-bond donors (Lipinski definition) is 1. The molecule has 6 nitrogen and oxygen atoms in total. The fraction of sp³-hybridized carbons (Fsp3) is 0.130. The van der Waals surface area contributed by atoms with Gasteiger partial charge in [-0.05, 0) is 43.7 Å². The largest absolute Gasteiger partial charge is 0.271 e. The van der Waals surface area contributed by atoms with Crippen molar-refractivity contribution in [2.24, 2.45) is 5.10 Å². The zero-order valence-corrected chi connectivity index (χ0v) is 17.9. The van der Waals surface area contributed by atoms with Gasteiger partial charge in [0.05, 0.1) is 16.8 Å². The van der Waals surface area contributed by atoms with E-state index in [-0.39, 0.29) is 10.5 Å². The first-order valence-corrected chi connectivity index (χ1v) is 10.9. The molecule has 0 radical (unpaired) electrons. The molecule has 0 aliphatic heterocycles. The highest BCUT2D eigenvalue weighted by Gasteiger charge is 2.28. The van der Waals surface area contributed by atoms with Gasteiger partial charge in [-0.2, -0.15) is 5.10 Å². The van der Waals surface area contributed by atoms with E-state index in [0.29, 0.717) is 11.3 Å². The average Bonchev–Trinajstić information content (AvgIpc) is 2.74. The van der Waals surface area contributed by atoms with Gasteiger partial charge >= 0.3 is 0 Å². The average molecular weight is 440 g/mol. The second kappa shape index (κ2) is 9.53. The molecule has 3 aromatic rings. The van der Waals surface area contributed by atoms with Crippen LogP contribution < -0.4 is 9.73 Å². The van der Waals surface area contributed by atoms with Crippen LogP contribution in [0.25, 0.3) is 0 Å². The number of sulfonamides is 1. The quantitative estimate of drug-likeness (QED) is 0.449. The summed E-state index contributed by atoms with van der Waals surface area (Å²) >= 11 is 0. The van der Waals surface area contributed by atoms with Crippen molar-refractivity contribution in [3.05, 3.63) is 95.3 Å². The van der Waals surface area contributed by atoms with Gasteiger partial charge in [-0.1, -0.05) is 54.1 Å². The summed E-state index contributed by atoms with van der Waals surface area (Å²) in [5, 5.41) is 3.75. The Bertz CT molecular complexity index is 1210. The molecule has 0 aliphatic rings. The van der Waals surface area contributed by atoms with E-state index in [2.05, 4.69) is 10.5 Å². The molecule has 1 amide bonds. The molecule has 0 heterocycles. The number of carbonyl (C=O) groups is 1. The SMILES string of the molecule is Cc1ccc(N(CC(=O)N/N=C\c2ccccc2F)S(=O)(=O)c2ccccc2)c(C)c1. The van der Waals surface area contributed by atoms with Crippen LogP contribution in [0, 0.1) is 19.7 Å². The Hall–Kier alpha value is -3.52. The zero-order chi connectivity index (χ0) is 22.4. The third-order valence-electron chi connectivity index (χ3n) is 4.54. The Morgan fingerprint density at radius 1 is 1.03 bits per heavy atom. The summed E-state index contributed by atoms with van der Waals surface area (Å²) in [7, 11) is -4.01. The lowest BCUT2D eigenvalue weighted by Gasteiger charge is -2.25. The number of halogens is 1. The fourth-order valence-corrected chi connectivity index (χ4v) is 4.53. The minimum atomic E-state index is -4.01. The molecule has 0 fully saturated rings. The van der Waals surface area contributed by atoms with Crippen LogP contribution in [0.5, 0.6) is 0 Å². The van der Waals surface area contributed by atoms with Crippen molar-refractivity contribution in [1.82, 2.24) is 5.43 Å². The van der Waals surface area contributed by atoms with Gasteiger partial charge in [0.1, 0.15) is 12.4 Å². The van der Waals surface area contributed by atoms with E-state index in [4.69, 9.17) is 0 Å². The monoisotopic (exact) mass is 439 g/mol. The van der Waals surface area contributed by atoms with Crippen molar-refractivity contribution in [3.8, 4) is 0 Å². The molecule has 0 aliphatic carbocycles. The lowest BCUT2D eigenvalue weighted by atomic mass is 10.1. The lowest BCUT2D eigenvalue weighted by Crippen LogP contribution is -2.40. The number of hydrazone groups is 1. The van der Waals surface area contributed by atoms with Gasteiger partial charge < -0.3 is 0 Å². The lowest BCUT2D eigenvalue weighted by molar-refractivity contribution is -0.119. The Balaban J connectivity index is 1.88. The highest BCUT2D eigenvalue weighted by atomic mass is 32.2. The molecule has 160 valence electrons. The van der Waals surface area contributed by atoms with Gasteiger partial charge in [-0.15, -0.1) is 0 Å². The van der Waals surface area contributed by atoms with Crippen molar-refractivity contribution in [3.63, 3.8) is 0 Å². The molecule has 0 unspecified atom stereocenters. The van der Waals surface area contributed by atoms with Crippen LogP contribution in [0.3, 0.4) is 0 Å². The molecule has 0 atom stereocenters. The minimum Gasteiger partial charge on any atom is -0.271 e. The molecule has 31 heavy (non-hydrogen) atoms. The van der Waals surface area contributed by atoms with Crippen LogP contribution in [-0.4, -0.2) is 27.1 Å². The molecule has 0 spiro atoms. The molecule has 0 saturated carbocycles. The highest BCUT2D eigenvalue weighted by Crippen LogP contribution is 2.27. The number of rotatable bonds is 7. The van der Waals surface area contributed by atoms with E-state index in [1.807, 2.05) is 13.0 Å². The van der Waals surface area contributed by atoms with Gasteiger partial charge in [0, 0.05) is 5.56 Å². The topological polar surface area (TPSA) is 78.8 Å². The Morgan fingerprint density at radius 3 is 2.39 bits per heavy atom. The van der Waals surface area contributed by atoms with E-state index in [1.165, 1.54) is 30.5 Å². The van der Waals surface area contributed by atoms with Crippen LogP contribution in [0.1, 0.15) is 16.7 Å². The first kappa shape index (κ1) is 22.2. The molecule has 3 rings (SSSR count). The molecule has 1 N–H and O–H groups in total. The number of hydrogen-bond acceptors (Lipinski definition) is 4. The van der Waals surface area contributed by atoms with Crippen LogP contribution >= 0.6 is 0 Å². The number of carbonyl (C=O) groups excluding carboxylic acids is 1. The van der Waals surface area contributed by atoms with Gasteiger partial charge in [0.2, 0.25) is 0 Å². The molecular weight excluding hydrogens is 417 g/mol. The fourth-order valence-electron chi connectivity index (χ4n) is 3.02. The summed E-state index contributed by atoms with van der Waals surface area (Å²) in [4.78, 5) is 12.6. The maximum absolute atomic E-state index is 13.7. The Labute approximate surface area is 181 Å². The van der Waals surface area contributed by atoms with Gasteiger partial charge in [-0.3, -0.25) is 9.10 Å². The Kier molecular flexibility index (Phi) is 6.81. The third-order valence-corrected chi connectivity index (χ3v) is 6.31. The van der Waals surface area contributed by atoms with Crippen molar-refractivity contribution in [2.75, 3.05) is 10.8 Å². The van der Waals surface area contributed by atoms with Crippen molar-refractivity contribution < 1.29 is 17.6 Å². The molecule has 3 aromatic carbocycles. The maximum Gasteiger partial charge on any atom is 0.264 e. The number of nitrogens with one attached hydrogen (secondary N) is 1. The highest BCUT2D eigenvalue weighted by molar-refractivity contribution is 7.92. The minimum absolute atomic E-state index is 0.0673. The van der Waals surface area contributed by atoms with Crippen LogP contribution in [0.15, 0.2) is 82.8 Å². The molecule has 0 bridgehead atoms. The molecule has 0 saturated heterocycles. The number of aryl methyl sites for hydroxylation is 2. The molecular formula is C23H22FN3O3S. The van der Waals surface area contributed by atoms with Gasteiger partial charge in [0.15, 0.2) is 0 Å². The number of anilines is 1. The van der Waals surface area contributed by atoms with Crippen LogP contribution in [-0.2, 0) is 14.8 Å². The zero-order valence-electron chi connectivity index (χ0n) is 17.1. The number of amides is 1. The third kappa shape index (κ3) is 5.35. The van der Waals surface area contributed by atoms with E-state index in [1.54, 1.807) is 49.4 Å². The number of nitrogens with zero attached hydrogens (tertiary/aromatic N) is 2. The summed E-state index contributed by atoms with van der Waals surface area (Å²) in [6.07, 6.45) is 1.17. The predicted octanol–water partition coefficient (Wildman–Crippen LogP) is 3.79. The smallest absolute Gasteiger partial charge is 0.264 e. The number of benzene rings is 3.